The predicted molar refractivity (Wildman–Crippen MR) is 86.9 cm³/mol. The number of ether oxygens (including phenoxy) is 1. The summed E-state index contributed by atoms with van der Waals surface area (Å²) in [5, 5.41) is 7.00. The number of hydrogen-bond donors (Lipinski definition) is 1. The number of benzene rings is 1. The zero-order chi connectivity index (χ0) is 16.1. The molecule has 0 aliphatic heterocycles. The molecule has 1 aromatic heterocycles. The summed E-state index contributed by atoms with van der Waals surface area (Å²) < 4.78 is 10.5. The Kier molecular flexibility index (Phi) is 4.95. The standard InChI is InChI=1S/C18H22N2O3/c1-22-16-9-7-13(8-10-16)17-11-15(20-23-17)12-19-18(21)14-5-3-2-4-6-14/h7-11,14H,2-6,12H2,1H3,(H,19,21). The lowest BCUT2D eigenvalue weighted by Crippen LogP contribution is -2.31. The van der Waals surface area contributed by atoms with E-state index >= 15 is 0 Å². The maximum absolute atomic E-state index is 12.1. The minimum Gasteiger partial charge on any atom is -0.497 e. The van der Waals surface area contributed by atoms with Crippen LogP contribution >= 0.6 is 0 Å². The SMILES string of the molecule is COc1ccc(-c2cc(CNC(=O)C3CCCCC3)no2)cc1. The highest BCUT2D eigenvalue weighted by molar-refractivity contribution is 5.78. The van der Waals surface area contributed by atoms with Gasteiger partial charge in [-0.3, -0.25) is 4.79 Å². The van der Waals surface area contributed by atoms with Gasteiger partial charge in [0, 0.05) is 17.5 Å². The van der Waals surface area contributed by atoms with Crippen LogP contribution in [-0.2, 0) is 11.3 Å². The van der Waals surface area contributed by atoms with Crippen LogP contribution in [0.3, 0.4) is 0 Å². The number of rotatable bonds is 5. The molecule has 3 rings (SSSR count). The molecule has 0 unspecified atom stereocenters. The van der Waals surface area contributed by atoms with Gasteiger partial charge in [-0.1, -0.05) is 24.4 Å². The number of hydrogen-bond acceptors (Lipinski definition) is 4. The van der Waals surface area contributed by atoms with E-state index in [0.29, 0.717) is 12.3 Å². The first-order valence-corrected chi connectivity index (χ1v) is 8.14. The molecule has 0 bridgehead atoms. The van der Waals surface area contributed by atoms with Crippen LogP contribution in [0.1, 0.15) is 37.8 Å². The first-order chi connectivity index (χ1) is 11.3. The number of carbonyl (C=O) groups excluding carboxylic acids is 1. The van der Waals surface area contributed by atoms with Crippen molar-refractivity contribution in [1.82, 2.24) is 10.5 Å². The Balaban J connectivity index is 1.57. The second-order valence-electron chi connectivity index (χ2n) is 5.96. The summed E-state index contributed by atoms with van der Waals surface area (Å²) in [6.45, 7) is 0.412. The van der Waals surface area contributed by atoms with Crippen LogP contribution in [0.25, 0.3) is 11.3 Å². The van der Waals surface area contributed by atoms with Gasteiger partial charge in [0.05, 0.1) is 13.7 Å². The lowest BCUT2D eigenvalue weighted by molar-refractivity contribution is -0.126. The molecule has 1 aromatic carbocycles. The van der Waals surface area contributed by atoms with Gasteiger partial charge in [0.2, 0.25) is 5.91 Å². The molecule has 0 saturated heterocycles. The normalized spacial score (nSPS) is 15.3. The molecule has 0 radical (unpaired) electrons. The van der Waals surface area contributed by atoms with Gasteiger partial charge in [-0.15, -0.1) is 0 Å². The fraction of sp³-hybridized carbons (Fsp3) is 0.444. The summed E-state index contributed by atoms with van der Waals surface area (Å²) in [5.41, 5.74) is 1.67. The van der Waals surface area contributed by atoms with Crippen molar-refractivity contribution in [3.8, 4) is 17.1 Å². The van der Waals surface area contributed by atoms with Crippen molar-refractivity contribution in [3.63, 3.8) is 0 Å². The Bertz CT molecular complexity index is 643. The van der Waals surface area contributed by atoms with Crippen LogP contribution in [0.15, 0.2) is 34.9 Å². The van der Waals surface area contributed by atoms with Crippen LogP contribution in [0, 0.1) is 5.92 Å². The molecule has 122 valence electrons. The highest BCUT2D eigenvalue weighted by atomic mass is 16.5. The smallest absolute Gasteiger partial charge is 0.223 e. The van der Waals surface area contributed by atoms with Crippen LogP contribution in [0.5, 0.6) is 5.75 Å². The van der Waals surface area contributed by atoms with E-state index in [1.807, 2.05) is 30.3 Å². The molecule has 1 amide bonds. The molecule has 1 N–H and O–H groups in total. The summed E-state index contributed by atoms with van der Waals surface area (Å²) in [6.07, 6.45) is 5.56. The highest BCUT2D eigenvalue weighted by Gasteiger charge is 2.21. The number of amides is 1. The van der Waals surface area contributed by atoms with Crippen LogP contribution < -0.4 is 10.1 Å². The molecule has 1 aliphatic carbocycles. The van der Waals surface area contributed by atoms with Gasteiger partial charge in [-0.2, -0.15) is 0 Å². The van der Waals surface area contributed by atoms with Crippen molar-refractivity contribution < 1.29 is 14.1 Å². The average molecular weight is 314 g/mol. The van der Waals surface area contributed by atoms with E-state index in [1.54, 1.807) is 7.11 Å². The lowest BCUT2D eigenvalue weighted by Gasteiger charge is -2.20. The van der Waals surface area contributed by atoms with Gasteiger partial charge in [0.15, 0.2) is 5.76 Å². The molecule has 1 saturated carbocycles. The zero-order valence-electron chi connectivity index (χ0n) is 13.4. The summed E-state index contributed by atoms with van der Waals surface area (Å²) in [6, 6.07) is 9.46. The van der Waals surface area contributed by atoms with E-state index < -0.39 is 0 Å². The summed E-state index contributed by atoms with van der Waals surface area (Å²) in [7, 11) is 1.64. The Labute approximate surface area is 136 Å². The fourth-order valence-electron chi connectivity index (χ4n) is 2.97. The molecule has 0 atom stereocenters. The molecule has 5 heteroatoms. The van der Waals surface area contributed by atoms with E-state index in [4.69, 9.17) is 9.26 Å². The quantitative estimate of drug-likeness (QED) is 0.916. The van der Waals surface area contributed by atoms with Gasteiger partial charge in [0.1, 0.15) is 11.4 Å². The number of aromatic nitrogens is 1. The maximum atomic E-state index is 12.1. The Hall–Kier alpha value is -2.30. The number of methoxy groups -OCH3 is 1. The third-order valence-electron chi connectivity index (χ3n) is 4.35. The van der Waals surface area contributed by atoms with Crippen molar-refractivity contribution in [2.75, 3.05) is 7.11 Å². The van der Waals surface area contributed by atoms with E-state index in [1.165, 1.54) is 6.42 Å². The maximum Gasteiger partial charge on any atom is 0.223 e. The van der Waals surface area contributed by atoms with Crippen molar-refractivity contribution in [3.05, 3.63) is 36.0 Å². The molecule has 0 spiro atoms. The number of nitrogens with one attached hydrogen (secondary N) is 1. The van der Waals surface area contributed by atoms with E-state index in [9.17, 15) is 4.79 Å². The van der Waals surface area contributed by atoms with Gasteiger partial charge in [-0.25, -0.2) is 0 Å². The molecule has 1 heterocycles. The minimum atomic E-state index is 0.138. The Morgan fingerprint density at radius 2 is 2.00 bits per heavy atom. The van der Waals surface area contributed by atoms with Crippen molar-refractivity contribution in [2.24, 2.45) is 5.92 Å². The molecular weight excluding hydrogens is 292 g/mol. The van der Waals surface area contributed by atoms with E-state index in [0.717, 1.165) is 42.7 Å². The molecule has 1 aliphatic rings. The van der Waals surface area contributed by atoms with Crippen molar-refractivity contribution >= 4 is 5.91 Å². The molecule has 5 nitrogen and oxygen atoms in total. The number of nitrogens with zero attached hydrogens (tertiary/aromatic N) is 1. The largest absolute Gasteiger partial charge is 0.497 e. The third kappa shape index (κ3) is 3.92. The summed E-state index contributed by atoms with van der Waals surface area (Å²) in [5.74, 6) is 1.79. The van der Waals surface area contributed by atoms with Gasteiger partial charge < -0.3 is 14.6 Å². The van der Waals surface area contributed by atoms with Gasteiger partial charge in [0.25, 0.3) is 0 Å². The number of carbonyl (C=O) groups is 1. The third-order valence-corrected chi connectivity index (χ3v) is 4.35. The second kappa shape index (κ2) is 7.31. The van der Waals surface area contributed by atoms with Gasteiger partial charge in [-0.05, 0) is 37.1 Å². The molecular formula is C18H22N2O3. The second-order valence-corrected chi connectivity index (χ2v) is 5.96. The zero-order valence-corrected chi connectivity index (χ0v) is 13.4. The monoisotopic (exact) mass is 314 g/mol. The van der Waals surface area contributed by atoms with Crippen LogP contribution in [-0.4, -0.2) is 18.2 Å². The average Bonchev–Trinajstić information content (AvgIpc) is 3.09. The first kappa shape index (κ1) is 15.6. The van der Waals surface area contributed by atoms with E-state index in [2.05, 4.69) is 10.5 Å². The minimum absolute atomic E-state index is 0.138. The van der Waals surface area contributed by atoms with Crippen molar-refractivity contribution in [2.45, 2.75) is 38.6 Å². The van der Waals surface area contributed by atoms with Crippen LogP contribution in [0.4, 0.5) is 0 Å². The Morgan fingerprint density at radius 1 is 1.26 bits per heavy atom. The predicted octanol–water partition coefficient (Wildman–Crippen LogP) is 3.55. The van der Waals surface area contributed by atoms with Crippen LogP contribution in [0.2, 0.25) is 0 Å². The molecule has 2 aromatic rings. The van der Waals surface area contributed by atoms with Gasteiger partial charge >= 0.3 is 0 Å². The Morgan fingerprint density at radius 3 is 2.70 bits per heavy atom. The summed E-state index contributed by atoms with van der Waals surface area (Å²) in [4.78, 5) is 12.1. The van der Waals surface area contributed by atoms with Crippen molar-refractivity contribution in [1.29, 1.82) is 0 Å². The molecule has 23 heavy (non-hydrogen) atoms. The van der Waals surface area contributed by atoms with E-state index in [-0.39, 0.29) is 11.8 Å². The summed E-state index contributed by atoms with van der Waals surface area (Å²) >= 11 is 0. The molecule has 1 fully saturated rings. The lowest BCUT2D eigenvalue weighted by atomic mass is 9.89. The topological polar surface area (TPSA) is 64.4 Å². The first-order valence-electron chi connectivity index (χ1n) is 8.14. The fourth-order valence-corrected chi connectivity index (χ4v) is 2.97. The highest BCUT2D eigenvalue weighted by Crippen LogP contribution is 2.25.